The van der Waals surface area contributed by atoms with Crippen molar-refractivity contribution in [2.45, 2.75) is 13.8 Å². The number of hydrogen-bond acceptors (Lipinski definition) is 5. The van der Waals surface area contributed by atoms with Gasteiger partial charge in [0.15, 0.2) is 11.5 Å². The maximum absolute atomic E-state index is 14.1. The topological polar surface area (TPSA) is 81.4 Å². The van der Waals surface area contributed by atoms with Crippen LogP contribution in [0.1, 0.15) is 13.8 Å². The highest BCUT2D eigenvalue weighted by molar-refractivity contribution is 5.92. The van der Waals surface area contributed by atoms with Crippen LogP contribution < -0.4 is 10.1 Å². The van der Waals surface area contributed by atoms with Gasteiger partial charge in [0.25, 0.3) is 0 Å². The zero-order valence-electron chi connectivity index (χ0n) is 15.8. The molecular weight excluding hydrogens is 373 g/mol. The summed E-state index contributed by atoms with van der Waals surface area (Å²) in [5, 5.41) is 15.3. The Morgan fingerprint density at radius 3 is 2.52 bits per heavy atom. The smallest absolute Gasteiger partial charge is 0.237 e. The van der Waals surface area contributed by atoms with E-state index in [4.69, 9.17) is 4.74 Å². The summed E-state index contributed by atoms with van der Waals surface area (Å²) in [7, 11) is 0. The minimum absolute atomic E-state index is 0.0564. The third-order valence-electron chi connectivity index (χ3n) is 4.22. The molecule has 0 fully saturated rings. The van der Waals surface area contributed by atoms with E-state index in [1.807, 2.05) is 13.8 Å². The number of amides is 1. The molecule has 0 unspecified atom stereocenters. The molecule has 8 heteroatoms. The highest BCUT2D eigenvalue weighted by Crippen LogP contribution is 2.25. The first-order chi connectivity index (χ1) is 14.0. The summed E-state index contributed by atoms with van der Waals surface area (Å²) in [6.07, 6.45) is 0. The van der Waals surface area contributed by atoms with Crippen LogP contribution in [0.2, 0.25) is 0 Å². The number of nitrogens with one attached hydrogen (secondary N) is 1. The lowest BCUT2D eigenvalue weighted by molar-refractivity contribution is -0.118. The zero-order valence-corrected chi connectivity index (χ0v) is 15.8. The molecular formula is C21H18FN5O2. The van der Waals surface area contributed by atoms with Crippen LogP contribution in [0.25, 0.3) is 17.0 Å². The number of benzene rings is 2. The number of nitrogens with zero attached hydrogens (tertiary/aromatic N) is 4. The average Bonchev–Trinajstić information content (AvgIpc) is 3.13. The highest BCUT2D eigenvalue weighted by atomic mass is 19.1. The van der Waals surface area contributed by atoms with Gasteiger partial charge in [0.1, 0.15) is 11.6 Å². The van der Waals surface area contributed by atoms with Crippen LogP contribution >= 0.6 is 0 Å². The number of ether oxygens (including phenoxy) is 1. The molecule has 0 radical (unpaired) electrons. The van der Waals surface area contributed by atoms with Gasteiger partial charge in [0.2, 0.25) is 11.8 Å². The Hall–Kier alpha value is -3.81. The van der Waals surface area contributed by atoms with Crippen LogP contribution in [0.5, 0.6) is 11.6 Å². The van der Waals surface area contributed by atoms with Crippen molar-refractivity contribution in [1.82, 2.24) is 19.8 Å². The van der Waals surface area contributed by atoms with Crippen molar-refractivity contribution in [1.29, 1.82) is 0 Å². The van der Waals surface area contributed by atoms with Gasteiger partial charge in [-0.25, -0.2) is 4.39 Å². The Balaban J connectivity index is 1.58. The first-order valence-electron chi connectivity index (χ1n) is 9.07. The minimum atomic E-state index is -0.408. The molecule has 2 aromatic heterocycles. The van der Waals surface area contributed by atoms with Crippen molar-refractivity contribution < 1.29 is 13.9 Å². The number of carbonyl (C=O) groups is 1. The van der Waals surface area contributed by atoms with Gasteiger partial charge in [-0.15, -0.1) is 15.3 Å². The predicted octanol–water partition coefficient (Wildman–Crippen LogP) is 4.32. The molecule has 2 heterocycles. The van der Waals surface area contributed by atoms with Crippen LogP contribution in [0.15, 0.2) is 60.7 Å². The molecule has 1 amide bonds. The van der Waals surface area contributed by atoms with Crippen LogP contribution in [-0.4, -0.2) is 25.7 Å². The first-order valence-corrected chi connectivity index (χ1v) is 9.07. The second-order valence-corrected chi connectivity index (χ2v) is 6.72. The fourth-order valence-corrected chi connectivity index (χ4v) is 2.65. The monoisotopic (exact) mass is 391 g/mol. The molecule has 0 aliphatic heterocycles. The van der Waals surface area contributed by atoms with E-state index in [0.29, 0.717) is 28.5 Å². The van der Waals surface area contributed by atoms with E-state index in [1.54, 1.807) is 54.6 Å². The normalized spacial score (nSPS) is 11.0. The average molecular weight is 391 g/mol. The standard InChI is InChI=1S/C21H18FN5O2/c1-13(2)21(28)23-14-7-9-15(10-8-14)29-19-12-11-18-24-25-20(27(18)26-19)16-5-3-4-6-17(16)22/h3-13H,1-2H3,(H,23,28). The number of halogens is 1. The molecule has 4 rings (SSSR count). The van der Waals surface area contributed by atoms with Crippen molar-refractivity contribution in [3.63, 3.8) is 0 Å². The summed E-state index contributed by atoms with van der Waals surface area (Å²) in [6.45, 7) is 3.66. The lowest BCUT2D eigenvalue weighted by Gasteiger charge is -2.09. The number of hydrogen-bond donors (Lipinski definition) is 1. The van der Waals surface area contributed by atoms with Crippen molar-refractivity contribution in [3.05, 3.63) is 66.5 Å². The second kappa shape index (κ2) is 7.67. The first kappa shape index (κ1) is 18.5. The summed E-state index contributed by atoms with van der Waals surface area (Å²) in [6, 6.07) is 16.6. The second-order valence-electron chi connectivity index (χ2n) is 6.72. The van der Waals surface area contributed by atoms with Gasteiger partial charge in [-0.2, -0.15) is 4.52 Å². The lowest BCUT2D eigenvalue weighted by Crippen LogP contribution is -2.17. The third kappa shape index (κ3) is 3.91. The molecule has 29 heavy (non-hydrogen) atoms. The Bertz CT molecular complexity index is 1170. The fraction of sp³-hybridized carbons (Fsp3) is 0.143. The molecule has 0 saturated heterocycles. The summed E-state index contributed by atoms with van der Waals surface area (Å²) < 4.78 is 21.4. The van der Waals surface area contributed by atoms with Gasteiger partial charge in [0.05, 0.1) is 5.56 Å². The van der Waals surface area contributed by atoms with E-state index < -0.39 is 5.82 Å². The zero-order chi connectivity index (χ0) is 20.4. The van der Waals surface area contributed by atoms with Crippen LogP contribution in [0.4, 0.5) is 10.1 Å². The summed E-state index contributed by atoms with van der Waals surface area (Å²) in [5.74, 6) is 0.561. The fourth-order valence-electron chi connectivity index (χ4n) is 2.65. The Kier molecular flexibility index (Phi) is 4.90. The van der Waals surface area contributed by atoms with E-state index in [2.05, 4.69) is 20.6 Å². The molecule has 0 saturated carbocycles. The van der Waals surface area contributed by atoms with E-state index in [9.17, 15) is 9.18 Å². The van der Waals surface area contributed by atoms with Gasteiger partial charge >= 0.3 is 0 Å². The van der Waals surface area contributed by atoms with Crippen LogP contribution in [0, 0.1) is 11.7 Å². The predicted molar refractivity (Wildman–Crippen MR) is 106 cm³/mol. The van der Waals surface area contributed by atoms with Gasteiger partial charge < -0.3 is 10.1 Å². The molecule has 1 N–H and O–H groups in total. The van der Waals surface area contributed by atoms with E-state index in [1.165, 1.54) is 10.6 Å². The van der Waals surface area contributed by atoms with Gasteiger partial charge in [-0.1, -0.05) is 26.0 Å². The van der Waals surface area contributed by atoms with Crippen molar-refractivity contribution in [3.8, 4) is 23.0 Å². The summed E-state index contributed by atoms with van der Waals surface area (Å²) in [5.41, 5.74) is 1.46. The third-order valence-corrected chi connectivity index (χ3v) is 4.22. The lowest BCUT2D eigenvalue weighted by atomic mass is 10.2. The molecule has 0 atom stereocenters. The molecule has 4 aromatic rings. The molecule has 7 nitrogen and oxygen atoms in total. The van der Waals surface area contributed by atoms with Crippen LogP contribution in [-0.2, 0) is 4.79 Å². The number of carbonyl (C=O) groups excluding carboxylic acids is 1. The number of fused-ring (bicyclic) bond motifs is 1. The van der Waals surface area contributed by atoms with Crippen LogP contribution in [0.3, 0.4) is 0 Å². The highest BCUT2D eigenvalue weighted by Gasteiger charge is 2.14. The van der Waals surface area contributed by atoms with E-state index in [-0.39, 0.29) is 17.6 Å². The quantitative estimate of drug-likeness (QED) is 0.548. The molecule has 146 valence electrons. The molecule has 0 aliphatic carbocycles. The number of aromatic nitrogens is 4. The molecule has 2 aromatic carbocycles. The van der Waals surface area contributed by atoms with E-state index >= 15 is 0 Å². The maximum Gasteiger partial charge on any atom is 0.237 e. The van der Waals surface area contributed by atoms with Gasteiger partial charge in [0, 0.05) is 17.7 Å². The Labute approximate surface area is 166 Å². The van der Waals surface area contributed by atoms with E-state index in [0.717, 1.165) is 0 Å². The molecule has 0 bridgehead atoms. The maximum atomic E-state index is 14.1. The summed E-state index contributed by atoms with van der Waals surface area (Å²) >= 11 is 0. The molecule has 0 spiro atoms. The largest absolute Gasteiger partial charge is 0.438 e. The Morgan fingerprint density at radius 1 is 1.03 bits per heavy atom. The SMILES string of the molecule is CC(C)C(=O)Nc1ccc(Oc2ccc3nnc(-c4ccccc4F)n3n2)cc1. The summed E-state index contributed by atoms with van der Waals surface area (Å²) in [4.78, 5) is 11.8. The number of anilines is 1. The van der Waals surface area contributed by atoms with Gasteiger partial charge in [-0.3, -0.25) is 4.79 Å². The van der Waals surface area contributed by atoms with Crippen molar-refractivity contribution in [2.24, 2.45) is 5.92 Å². The Morgan fingerprint density at radius 2 is 1.79 bits per heavy atom. The van der Waals surface area contributed by atoms with Gasteiger partial charge in [-0.05, 0) is 42.5 Å². The number of rotatable bonds is 5. The minimum Gasteiger partial charge on any atom is -0.438 e. The molecule has 0 aliphatic rings. The van der Waals surface area contributed by atoms with Crippen molar-refractivity contribution >= 4 is 17.2 Å². The van der Waals surface area contributed by atoms with Crippen molar-refractivity contribution in [2.75, 3.05) is 5.32 Å².